The largest absolute Gasteiger partial charge is 0.456 e. The average Bonchev–Trinajstić information content (AvgIpc) is 1.98. The van der Waals surface area contributed by atoms with Crippen LogP contribution < -0.4 is 9.80 Å². The number of benzene rings is 11. The molecule has 0 radical (unpaired) electrons. The van der Waals surface area contributed by atoms with Crippen molar-refractivity contribution in [2.45, 2.75) is 110 Å². The Bertz CT molecular complexity index is 4350. The Labute approximate surface area is 484 Å². The summed E-state index contributed by atoms with van der Waals surface area (Å²) in [5.74, 6) is 0. The third-order valence-electron chi connectivity index (χ3n) is 18.1. The summed E-state index contributed by atoms with van der Waals surface area (Å²) in [6.45, 7) is 27.6. The minimum Gasteiger partial charge on any atom is -0.456 e. The Morgan fingerprint density at radius 3 is 1.11 bits per heavy atom. The van der Waals surface area contributed by atoms with E-state index in [4.69, 9.17) is 4.42 Å². The Morgan fingerprint density at radius 1 is 0.293 bits per heavy atom. The molecule has 82 heavy (non-hydrogen) atoms. The zero-order valence-corrected chi connectivity index (χ0v) is 49.6. The number of rotatable bonds is 6. The van der Waals surface area contributed by atoms with Gasteiger partial charge in [0, 0.05) is 44.3 Å². The van der Waals surface area contributed by atoms with Gasteiger partial charge in [-0.25, -0.2) is 0 Å². The van der Waals surface area contributed by atoms with Crippen molar-refractivity contribution in [3.63, 3.8) is 0 Å². The second-order valence-electron chi connectivity index (χ2n) is 27.3. The zero-order chi connectivity index (χ0) is 56.8. The summed E-state index contributed by atoms with van der Waals surface area (Å²) in [6.07, 6.45) is 0. The maximum atomic E-state index is 6.91. The highest BCUT2D eigenvalue weighted by atomic mass is 16.3. The van der Waals surface area contributed by atoms with E-state index in [0.29, 0.717) is 0 Å². The maximum absolute atomic E-state index is 6.91. The van der Waals surface area contributed by atoms with Gasteiger partial charge < -0.3 is 14.2 Å². The lowest BCUT2D eigenvalue weighted by Crippen LogP contribution is -2.27. The number of para-hydroxylation sites is 1. The van der Waals surface area contributed by atoms with Gasteiger partial charge in [0.05, 0.1) is 16.8 Å². The van der Waals surface area contributed by atoms with Crippen LogP contribution in [0.25, 0.3) is 65.7 Å². The van der Waals surface area contributed by atoms with Crippen LogP contribution in [0.1, 0.15) is 128 Å². The van der Waals surface area contributed by atoms with E-state index < -0.39 is 5.41 Å². The van der Waals surface area contributed by atoms with Crippen molar-refractivity contribution < 1.29 is 4.42 Å². The molecule has 0 aliphatic heterocycles. The molecule has 404 valence electrons. The molecular weight excluding hydrogens is 993 g/mol. The molecule has 3 nitrogen and oxygen atoms in total. The normalized spacial score (nSPS) is 13.7. The van der Waals surface area contributed by atoms with Crippen molar-refractivity contribution in [1.82, 2.24) is 0 Å². The summed E-state index contributed by atoms with van der Waals surface area (Å²) >= 11 is 0. The first-order valence-electron chi connectivity index (χ1n) is 29.4. The van der Waals surface area contributed by atoms with Gasteiger partial charge >= 0.3 is 0 Å². The predicted molar refractivity (Wildman–Crippen MR) is 349 cm³/mol. The van der Waals surface area contributed by atoms with Gasteiger partial charge in [0.15, 0.2) is 0 Å². The Kier molecular flexibility index (Phi) is 11.4. The summed E-state index contributed by atoms with van der Waals surface area (Å²) in [5.41, 5.74) is 23.0. The van der Waals surface area contributed by atoms with E-state index in [1.807, 2.05) is 0 Å². The van der Waals surface area contributed by atoms with Crippen LogP contribution in [0.3, 0.4) is 0 Å². The van der Waals surface area contributed by atoms with E-state index in [9.17, 15) is 0 Å². The lowest BCUT2D eigenvalue weighted by Gasteiger charge is -2.34. The molecule has 0 amide bonds. The van der Waals surface area contributed by atoms with Gasteiger partial charge in [0.2, 0.25) is 0 Å². The van der Waals surface area contributed by atoms with Crippen molar-refractivity contribution >= 4 is 77.6 Å². The highest BCUT2D eigenvalue weighted by Crippen LogP contribution is 2.67. The Balaban J connectivity index is 1.16. The number of hydrogen-bond acceptors (Lipinski definition) is 3. The SMILES string of the molecule is CC(C)(C)c1ccc(N(c2ccc(C(C)(C)C)cc2)c2cc3c(c4ccccc24)-c2c(cc(N(c4ccc(C(C)(C)C)cc4)c4ccc(C(C)(C)C)cc4)c4c2ccc2oc5ccccc5c24)C32c3ccccc3-c3ccccc32)cc1. The highest BCUT2D eigenvalue weighted by Gasteiger charge is 2.53. The van der Waals surface area contributed by atoms with Gasteiger partial charge in [0.1, 0.15) is 11.2 Å². The van der Waals surface area contributed by atoms with Crippen LogP contribution in [-0.2, 0) is 27.1 Å². The van der Waals surface area contributed by atoms with Gasteiger partial charge in [-0.05, 0) is 178 Å². The lowest BCUT2D eigenvalue weighted by atomic mass is 9.70. The van der Waals surface area contributed by atoms with Crippen LogP contribution in [0.15, 0.2) is 223 Å². The molecule has 3 heteroatoms. The monoisotopic (exact) mass is 1060 g/mol. The summed E-state index contributed by atoms with van der Waals surface area (Å²) in [6, 6.07) is 83.5. The van der Waals surface area contributed by atoms with Crippen LogP contribution in [0.2, 0.25) is 0 Å². The maximum Gasteiger partial charge on any atom is 0.136 e. The van der Waals surface area contributed by atoms with E-state index in [1.54, 1.807) is 0 Å². The van der Waals surface area contributed by atoms with E-state index in [2.05, 4.69) is 311 Å². The van der Waals surface area contributed by atoms with Crippen LogP contribution in [-0.4, -0.2) is 0 Å². The quantitative estimate of drug-likeness (QED) is 0.165. The minimum atomic E-state index is -0.733. The fourth-order valence-corrected chi connectivity index (χ4v) is 13.8. The van der Waals surface area contributed by atoms with Gasteiger partial charge in [-0.15, -0.1) is 0 Å². The van der Waals surface area contributed by atoms with Crippen molar-refractivity contribution in [2.24, 2.45) is 0 Å². The third-order valence-corrected chi connectivity index (χ3v) is 18.1. The van der Waals surface area contributed by atoms with E-state index >= 15 is 0 Å². The summed E-state index contributed by atoms with van der Waals surface area (Å²) in [4.78, 5) is 5.07. The molecule has 14 rings (SSSR count). The predicted octanol–water partition coefficient (Wildman–Crippen LogP) is 22.4. The standard InChI is InChI=1S/C79H72N2O/c1-75(2,3)49-29-37-53(38-30-49)80(54-39-31-50(32-40-54)76(4,5)6)67-47-65-71(60-24-14-13-23-59(60)67)72-62-45-46-70-74(61-25-17-20-28-69(61)82-70)73(62)68(48-66(72)79(65)63-26-18-15-21-57(63)58-22-16-19-27-64(58)79)81(55-41-33-51(34-42-55)77(7,8)9)56-43-35-52(36-44-56)78(10,11)12/h13-48H,1-12H3. The second-order valence-corrected chi connectivity index (χ2v) is 27.3. The molecule has 2 aliphatic rings. The molecule has 0 bridgehead atoms. The van der Waals surface area contributed by atoms with Crippen molar-refractivity contribution in [3.05, 3.63) is 263 Å². The molecule has 1 aromatic heterocycles. The first kappa shape index (κ1) is 51.5. The number of anilines is 6. The van der Waals surface area contributed by atoms with E-state index in [-0.39, 0.29) is 21.7 Å². The molecule has 1 spiro atoms. The second kappa shape index (κ2) is 18.2. The molecular formula is C79H72N2O. The molecule has 0 saturated heterocycles. The third kappa shape index (κ3) is 7.83. The zero-order valence-electron chi connectivity index (χ0n) is 49.6. The smallest absolute Gasteiger partial charge is 0.136 e. The fourth-order valence-electron chi connectivity index (χ4n) is 13.8. The Morgan fingerprint density at radius 2 is 0.659 bits per heavy atom. The highest BCUT2D eigenvalue weighted by molar-refractivity contribution is 6.28. The molecule has 0 fully saturated rings. The number of fused-ring (bicyclic) bond motifs is 18. The average molecular weight is 1070 g/mol. The van der Waals surface area contributed by atoms with Crippen molar-refractivity contribution in [1.29, 1.82) is 0 Å². The van der Waals surface area contributed by atoms with Crippen LogP contribution in [0, 0.1) is 0 Å². The van der Waals surface area contributed by atoms with Gasteiger partial charge in [0.25, 0.3) is 0 Å². The first-order chi connectivity index (χ1) is 39.2. The molecule has 0 saturated carbocycles. The number of furan rings is 1. The van der Waals surface area contributed by atoms with E-state index in [1.165, 1.54) is 82.9 Å². The van der Waals surface area contributed by atoms with Crippen molar-refractivity contribution in [2.75, 3.05) is 9.80 Å². The topological polar surface area (TPSA) is 19.6 Å². The van der Waals surface area contributed by atoms with Crippen LogP contribution in [0.5, 0.6) is 0 Å². The van der Waals surface area contributed by atoms with Gasteiger partial charge in [-0.2, -0.15) is 0 Å². The first-order valence-corrected chi connectivity index (χ1v) is 29.4. The summed E-state index contributed by atoms with van der Waals surface area (Å²) < 4.78 is 6.91. The van der Waals surface area contributed by atoms with Crippen LogP contribution >= 0.6 is 0 Å². The number of hydrogen-bond donors (Lipinski definition) is 0. The Hall–Kier alpha value is -8.66. The molecule has 11 aromatic carbocycles. The van der Waals surface area contributed by atoms with Crippen LogP contribution in [0.4, 0.5) is 34.1 Å². The van der Waals surface area contributed by atoms with Crippen molar-refractivity contribution in [3.8, 4) is 22.3 Å². The fraction of sp³-hybridized carbons (Fsp3) is 0.215. The molecule has 12 aromatic rings. The van der Waals surface area contributed by atoms with Gasteiger partial charge in [-0.1, -0.05) is 223 Å². The number of nitrogens with zero attached hydrogens (tertiary/aromatic N) is 2. The lowest BCUT2D eigenvalue weighted by molar-refractivity contribution is 0.590. The minimum absolute atomic E-state index is 0.00329. The van der Waals surface area contributed by atoms with Gasteiger partial charge in [-0.3, -0.25) is 0 Å². The molecule has 0 N–H and O–H groups in total. The molecule has 0 atom stereocenters. The van der Waals surface area contributed by atoms with E-state index in [0.717, 1.165) is 61.4 Å². The molecule has 1 heterocycles. The summed E-state index contributed by atoms with van der Waals surface area (Å²) in [5, 5.41) is 6.99. The molecule has 0 unspecified atom stereocenters. The molecule has 2 aliphatic carbocycles. The summed E-state index contributed by atoms with van der Waals surface area (Å²) in [7, 11) is 0.